The Kier molecular flexibility index (Phi) is 3.81. The molecule has 1 atom stereocenters. The van der Waals surface area contributed by atoms with Gasteiger partial charge in [-0.25, -0.2) is 12.7 Å². The minimum Gasteiger partial charge on any atom is -0.354 e. The van der Waals surface area contributed by atoms with Crippen LogP contribution in [0.25, 0.3) is 0 Å². The predicted molar refractivity (Wildman–Crippen MR) is 81.2 cm³/mol. The van der Waals surface area contributed by atoms with E-state index in [1.54, 1.807) is 4.31 Å². The van der Waals surface area contributed by atoms with Crippen LogP contribution in [0.1, 0.15) is 52.4 Å². The minimum atomic E-state index is -3.17. The molecular formula is C15H26N2O3S. The van der Waals surface area contributed by atoms with E-state index < -0.39 is 10.0 Å². The SMILES string of the molecule is CC(C)NC(=O)C1CN(S(=O)(=O)C2CC2)CC12CCCC2. The highest BCUT2D eigenvalue weighted by Gasteiger charge is 2.55. The lowest BCUT2D eigenvalue weighted by atomic mass is 9.76. The van der Waals surface area contributed by atoms with Crippen LogP contribution in [0, 0.1) is 11.3 Å². The van der Waals surface area contributed by atoms with Crippen LogP contribution in [0.15, 0.2) is 0 Å². The first kappa shape index (κ1) is 15.3. The Balaban J connectivity index is 1.82. The van der Waals surface area contributed by atoms with E-state index in [-0.39, 0.29) is 28.5 Å². The predicted octanol–water partition coefficient (Wildman–Crippen LogP) is 1.50. The number of nitrogens with one attached hydrogen (secondary N) is 1. The molecule has 5 nitrogen and oxygen atoms in total. The highest BCUT2D eigenvalue weighted by atomic mass is 32.2. The van der Waals surface area contributed by atoms with Crippen LogP contribution in [0.4, 0.5) is 0 Å². The molecule has 1 aliphatic heterocycles. The quantitative estimate of drug-likeness (QED) is 0.855. The number of carbonyl (C=O) groups is 1. The summed E-state index contributed by atoms with van der Waals surface area (Å²) < 4.78 is 26.7. The third kappa shape index (κ3) is 2.72. The summed E-state index contributed by atoms with van der Waals surface area (Å²) in [6, 6.07) is 0.102. The molecule has 0 aromatic rings. The smallest absolute Gasteiger partial charge is 0.225 e. The molecule has 3 aliphatic rings. The molecule has 3 fully saturated rings. The fourth-order valence-corrected chi connectivity index (χ4v) is 5.97. The molecule has 0 aromatic carbocycles. The van der Waals surface area contributed by atoms with E-state index in [9.17, 15) is 13.2 Å². The Morgan fingerprint density at radius 2 is 1.86 bits per heavy atom. The Labute approximate surface area is 127 Å². The van der Waals surface area contributed by atoms with E-state index in [1.807, 2.05) is 13.8 Å². The van der Waals surface area contributed by atoms with Gasteiger partial charge < -0.3 is 5.32 Å². The van der Waals surface area contributed by atoms with E-state index in [1.165, 1.54) is 0 Å². The average Bonchev–Trinajstić information content (AvgIpc) is 3.06. The maximum absolute atomic E-state index is 12.5. The molecule has 1 unspecified atom stereocenters. The Bertz CT molecular complexity index is 519. The van der Waals surface area contributed by atoms with Crippen LogP contribution in [-0.2, 0) is 14.8 Å². The molecule has 1 saturated heterocycles. The van der Waals surface area contributed by atoms with Gasteiger partial charge in [-0.05, 0) is 44.9 Å². The first-order chi connectivity index (χ1) is 9.85. The zero-order chi connectivity index (χ0) is 15.3. The van der Waals surface area contributed by atoms with Gasteiger partial charge in [-0.15, -0.1) is 0 Å². The van der Waals surface area contributed by atoms with Crippen molar-refractivity contribution in [1.29, 1.82) is 0 Å². The third-order valence-corrected chi connectivity index (χ3v) is 7.58. The molecular weight excluding hydrogens is 288 g/mol. The summed E-state index contributed by atoms with van der Waals surface area (Å²) in [7, 11) is -3.17. The number of hydrogen-bond donors (Lipinski definition) is 1. The Hall–Kier alpha value is -0.620. The summed E-state index contributed by atoms with van der Waals surface area (Å²) in [5.41, 5.74) is -0.110. The molecule has 2 aliphatic carbocycles. The first-order valence-corrected chi connectivity index (χ1v) is 9.65. The number of hydrogen-bond acceptors (Lipinski definition) is 3. The molecule has 0 radical (unpaired) electrons. The van der Waals surface area contributed by atoms with Gasteiger partial charge >= 0.3 is 0 Å². The lowest BCUT2D eigenvalue weighted by molar-refractivity contribution is -0.128. The van der Waals surface area contributed by atoms with Crippen molar-refractivity contribution in [3.63, 3.8) is 0 Å². The normalized spacial score (nSPS) is 29.4. The number of sulfonamides is 1. The van der Waals surface area contributed by atoms with E-state index in [0.29, 0.717) is 13.1 Å². The van der Waals surface area contributed by atoms with Crippen LogP contribution in [0.2, 0.25) is 0 Å². The minimum absolute atomic E-state index is 0.0420. The average molecular weight is 314 g/mol. The zero-order valence-corrected chi connectivity index (χ0v) is 13.8. The van der Waals surface area contributed by atoms with Gasteiger partial charge in [0.05, 0.1) is 11.2 Å². The van der Waals surface area contributed by atoms with Crippen molar-refractivity contribution in [2.75, 3.05) is 13.1 Å². The largest absolute Gasteiger partial charge is 0.354 e. The molecule has 6 heteroatoms. The zero-order valence-electron chi connectivity index (χ0n) is 13.0. The highest BCUT2D eigenvalue weighted by Crippen LogP contribution is 2.51. The summed E-state index contributed by atoms with van der Waals surface area (Å²) >= 11 is 0. The second-order valence-electron chi connectivity index (χ2n) is 7.32. The lowest BCUT2D eigenvalue weighted by Crippen LogP contribution is -2.42. The molecule has 1 N–H and O–H groups in total. The Morgan fingerprint density at radius 3 is 2.38 bits per heavy atom. The number of carbonyl (C=O) groups excluding carboxylic acids is 1. The number of amides is 1. The van der Waals surface area contributed by atoms with Crippen molar-refractivity contribution in [2.45, 2.75) is 63.7 Å². The highest BCUT2D eigenvalue weighted by molar-refractivity contribution is 7.90. The summed E-state index contributed by atoms with van der Waals surface area (Å²) in [6.07, 6.45) is 5.77. The molecule has 1 spiro atoms. The molecule has 1 amide bonds. The van der Waals surface area contributed by atoms with E-state index in [4.69, 9.17) is 0 Å². The monoisotopic (exact) mass is 314 g/mol. The molecule has 2 saturated carbocycles. The standard InChI is InChI=1S/C15H26N2O3S/c1-11(2)16-14(18)13-9-17(21(19,20)12-5-6-12)10-15(13)7-3-4-8-15/h11-13H,3-10H2,1-2H3,(H,16,18). The van der Waals surface area contributed by atoms with Gasteiger partial charge in [0.1, 0.15) is 0 Å². The molecule has 3 rings (SSSR count). The van der Waals surface area contributed by atoms with Gasteiger partial charge in [-0.3, -0.25) is 4.79 Å². The van der Waals surface area contributed by atoms with Crippen LogP contribution >= 0.6 is 0 Å². The van der Waals surface area contributed by atoms with Crippen LogP contribution in [0.3, 0.4) is 0 Å². The van der Waals surface area contributed by atoms with E-state index in [2.05, 4.69) is 5.32 Å². The van der Waals surface area contributed by atoms with Crippen molar-refractivity contribution in [3.05, 3.63) is 0 Å². The van der Waals surface area contributed by atoms with Gasteiger partial charge in [0.2, 0.25) is 15.9 Å². The van der Waals surface area contributed by atoms with E-state index >= 15 is 0 Å². The van der Waals surface area contributed by atoms with Gasteiger partial charge in [0.15, 0.2) is 0 Å². The van der Waals surface area contributed by atoms with Gasteiger partial charge in [-0.2, -0.15) is 0 Å². The van der Waals surface area contributed by atoms with Gasteiger partial charge in [0, 0.05) is 19.1 Å². The Morgan fingerprint density at radius 1 is 1.24 bits per heavy atom. The fraction of sp³-hybridized carbons (Fsp3) is 0.933. The van der Waals surface area contributed by atoms with Crippen molar-refractivity contribution in [1.82, 2.24) is 9.62 Å². The molecule has 0 bridgehead atoms. The summed E-state index contributed by atoms with van der Waals surface area (Å²) in [5.74, 6) is -0.128. The molecule has 0 aromatic heterocycles. The van der Waals surface area contributed by atoms with E-state index in [0.717, 1.165) is 38.5 Å². The van der Waals surface area contributed by atoms with Crippen LogP contribution in [0.5, 0.6) is 0 Å². The molecule has 21 heavy (non-hydrogen) atoms. The third-order valence-electron chi connectivity index (χ3n) is 5.27. The lowest BCUT2D eigenvalue weighted by Gasteiger charge is -2.29. The fourth-order valence-electron chi connectivity index (χ4n) is 4.03. The van der Waals surface area contributed by atoms with Crippen molar-refractivity contribution >= 4 is 15.9 Å². The summed E-state index contributed by atoms with van der Waals surface area (Å²) in [5, 5.41) is 2.81. The second kappa shape index (κ2) is 5.23. The summed E-state index contributed by atoms with van der Waals surface area (Å²) in [4.78, 5) is 12.5. The first-order valence-electron chi connectivity index (χ1n) is 8.14. The van der Waals surface area contributed by atoms with Crippen molar-refractivity contribution in [3.8, 4) is 0 Å². The van der Waals surface area contributed by atoms with Gasteiger partial charge in [0.25, 0.3) is 0 Å². The van der Waals surface area contributed by atoms with Gasteiger partial charge in [-0.1, -0.05) is 12.8 Å². The second-order valence-corrected chi connectivity index (χ2v) is 9.54. The van der Waals surface area contributed by atoms with Crippen LogP contribution < -0.4 is 5.32 Å². The van der Waals surface area contributed by atoms with Crippen molar-refractivity contribution < 1.29 is 13.2 Å². The maximum atomic E-state index is 12.5. The molecule has 120 valence electrons. The summed E-state index contributed by atoms with van der Waals surface area (Å²) in [6.45, 7) is 4.85. The van der Waals surface area contributed by atoms with Crippen molar-refractivity contribution in [2.24, 2.45) is 11.3 Å². The molecule has 1 heterocycles. The number of nitrogens with zero attached hydrogens (tertiary/aromatic N) is 1. The maximum Gasteiger partial charge on any atom is 0.225 e. The topological polar surface area (TPSA) is 66.5 Å². The van der Waals surface area contributed by atoms with Crippen LogP contribution in [-0.4, -0.2) is 43.0 Å². The number of rotatable bonds is 4.